The highest BCUT2D eigenvalue weighted by Gasteiger charge is 2.04. The molecule has 78 valence electrons. The lowest BCUT2D eigenvalue weighted by Gasteiger charge is -2.10. The average molecular weight is 212 g/mol. The summed E-state index contributed by atoms with van der Waals surface area (Å²) in [6, 6.07) is 5.61. The molecule has 0 heterocycles. The van der Waals surface area contributed by atoms with Crippen molar-refractivity contribution in [3.05, 3.63) is 18.2 Å². The lowest BCUT2D eigenvalue weighted by molar-refractivity contribution is 0.322. The van der Waals surface area contributed by atoms with Crippen LogP contribution in [0.3, 0.4) is 0 Å². The SMILES string of the molecule is CCOc1ccc(OC[SiH3])c(OC)c1. The fraction of sp³-hybridized carbons (Fsp3) is 0.400. The zero-order valence-corrected chi connectivity index (χ0v) is 10.9. The van der Waals surface area contributed by atoms with Gasteiger partial charge in [0.2, 0.25) is 0 Å². The van der Waals surface area contributed by atoms with Gasteiger partial charge in [-0.15, -0.1) is 0 Å². The molecule has 0 amide bonds. The van der Waals surface area contributed by atoms with Crippen molar-refractivity contribution in [3.63, 3.8) is 0 Å². The molecule has 0 N–H and O–H groups in total. The van der Waals surface area contributed by atoms with E-state index in [1.165, 1.54) is 0 Å². The molecule has 0 aliphatic rings. The summed E-state index contributed by atoms with van der Waals surface area (Å²) in [6.07, 6.45) is 0.768. The maximum atomic E-state index is 5.44. The molecule has 3 nitrogen and oxygen atoms in total. The van der Waals surface area contributed by atoms with Crippen molar-refractivity contribution >= 4 is 10.2 Å². The minimum atomic E-state index is 0.657. The fourth-order valence-electron chi connectivity index (χ4n) is 1.18. The maximum Gasteiger partial charge on any atom is 0.164 e. The number of benzene rings is 1. The summed E-state index contributed by atoms with van der Waals surface area (Å²) < 4.78 is 16.0. The second kappa shape index (κ2) is 5.54. The van der Waals surface area contributed by atoms with Crippen LogP contribution in [0.2, 0.25) is 0 Å². The normalized spacial score (nSPS) is 9.86. The minimum absolute atomic E-state index is 0.657. The van der Waals surface area contributed by atoms with Crippen molar-refractivity contribution < 1.29 is 14.2 Å². The van der Waals surface area contributed by atoms with Gasteiger partial charge in [-0.2, -0.15) is 0 Å². The van der Waals surface area contributed by atoms with Crippen LogP contribution in [0.25, 0.3) is 0 Å². The molecule has 4 heteroatoms. The van der Waals surface area contributed by atoms with Crippen LogP contribution in [-0.4, -0.2) is 30.2 Å². The van der Waals surface area contributed by atoms with Gasteiger partial charge < -0.3 is 14.2 Å². The molecule has 0 atom stereocenters. The van der Waals surface area contributed by atoms with E-state index in [9.17, 15) is 0 Å². The molecule has 0 aliphatic carbocycles. The van der Waals surface area contributed by atoms with E-state index < -0.39 is 0 Å². The Hall–Kier alpha value is -1.16. The Balaban J connectivity index is 2.87. The van der Waals surface area contributed by atoms with Gasteiger partial charge in [0.25, 0.3) is 0 Å². The Morgan fingerprint density at radius 2 is 2.00 bits per heavy atom. The standard InChI is InChI=1S/C10H16O3Si/c1-3-12-8-4-5-9(13-7-14)10(6-8)11-2/h4-6H,3,7H2,1-2,14H3. The Kier molecular flexibility index (Phi) is 4.32. The molecular formula is C10H16O3Si. The van der Waals surface area contributed by atoms with E-state index in [0.29, 0.717) is 6.61 Å². The second-order valence-electron chi connectivity index (χ2n) is 2.68. The highest BCUT2D eigenvalue weighted by Crippen LogP contribution is 2.30. The lowest BCUT2D eigenvalue weighted by atomic mass is 10.3. The summed E-state index contributed by atoms with van der Waals surface area (Å²) >= 11 is 0. The third kappa shape index (κ3) is 2.66. The van der Waals surface area contributed by atoms with Crippen LogP contribution in [0.15, 0.2) is 18.2 Å². The predicted octanol–water partition coefficient (Wildman–Crippen LogP) is 0.796. The van der Waals surface area contributed by atoms with Gasteiger partial charge in [-0.25, -0.2) is 0 Å². The van der Waals surface area contributed by atoms with Gasteiger partial charge in [-0.3, -0.25) is 0 Å². The molecule has 1 aromatic rings. The Morgan fingerprint density at radius 3 is 2.57 bits per heavy atom. The van der Waals surface area contributed by atoms with Gasteiger partial charge in [0.1, 0.15) is 5.75 Å². The molecule has 0 radical (unpaired) electrons. The molecule has 0 saturated heterocycles. The van der Waals surface area contributed by atoms with Crippen LogP contribution >= 0.6 is 0 Å². The van der Waals surface area contributed by atoms with Gasteiger partial charge in [0.15, 0.2) is 11.5 Å². The van der Waals surface area contributed by atoms with Crippen LogP contribution in [0.4, 0.5) is 0 Å². The molecule has 0 aromatic heterocycles. The highest BCUT2D eigenvalue weighted by atomic mass is 28.1. The molecule has 1 aromatic carbocycles. The minimum Gasteiger partial charge on any atom is -0.494 e. The van der Waals surface area contributed by atoms with E-state index in [1.54, 1.807) is 7.11 Å². The smallest absolute Gasteiger partial charge is 0.164 e. The first-order valence-corrected chi connectivity index (χ1v) is 6.16. The van der Waals surface area contributed by atoms with Crippen molar-refractivity contribution in [2.45, 2.75) is 6.92 Å². The Morgan fingerprint density at radius 1 is 1.21 bits per heavy atom. The number of ether oxygens (including phenoxy) is 3. The van der Waals surface area contributed by atoms with Crippen LogP contribution in [0, 0.1) is 0 Å². The molecular weight excluding hydrogens is 196 g/mol. The summed E-state index contributed by atoms with van der Waals surface area (Å²) in [5, 5.41) is 0. The first-order valence-electron chi connectivity index (χ1n) is 4.75. The third-order valence-electron chi connectivity index (χ3n) is 1.75. The monoisotopic (exact) mass is 212 g/mol. The molecule has 14 heavy (non-hydrogen) atoms. The van der Waals surface area contributed by atoms with Gasteiger partial charge in [0.05, 0.1) is 30.2 Å². The summed E-state index contributed by atoms with van der Waals surface area (Å²) in [7, 11) is 2.64. The van der Waals surface area contributed by atoms with Gasteiger partial charge in [-0.1, -0.05) is 0 Å². The molecule has 0 unspecified atom stereocenters. The summed E-state index contributed by atoms with van der Waals surface area (Å²) in [5.41, 5.74) is 0. The third-order valence-corrected chi connectivity index (χ3v) is 2.03. The second-order valence-corrected chi connectivity index (χ2v) is 3.26. The van der Waals surface area contributed by atoms with Gasteiger partial charge >= 0.3 is 0 Å². The fourth-order valence-corrected chi connectivity index (χ4v) is 1.49. The Labute approximate surface area is 87.4 Å². The highest BCUT2D eigenvalue weighted by molar-refractivity contribution is 6.08. The van der Waals surface area contributed by atoms with Crippen LogP contribution in [0.5, 0.6) is 17.2 Å². The zero-order chi connectivity index (χ0) is 10.4. The van der Waals surface area contributed by atoms with E-state index in [2.05, 4.69) is 0 Å². The summed E-state index contributed by atoms with van der Waals surface area (Å²) in [4.78, 5) is 0. The molecule has 1 rings (SSSR count). The molecule has 0 aliphatic heterocycles. The number of rotatable bonds is 5. The quantitative estimate of drug-likeness (QED) is 0.676. The van der Waals surface area contributed by atoms with Crippen LogP contribution < -0.4 is 14.2 Å². The maximum absolute atomic E-state index is 5.44. The van der Waals surface area contributed by atoms with Crippen molar-refractivity contribution in [2.24, 2.45) is 0 Å². The van der Waals surface area contributed by atoms with E-state index in [0.717, 1.165) is 33.7 Å². The molecule has 0 bridgehead atoms. The predicted molar refractivity (Wildman–Crippen MR) is 59.6 cm³/mol. The topological polar surface area (TPSA) is 27.7 Å². The Bertz CT molecular complexity index is 289. The largest absolute Gasteiger partial charge is 0.494 e. The average Bonchev–Trinajstić information content (AvgIpc) is 2.21. The van der Waals surface area contributed by atoms with Crippen LogP contribution in [0.1, 0.15) is 6.92 Å². The summed E-state index contributed by atoms with van der Waals surface area (Å²) in [5.74, 6) is 2.32. The zero-order valence-electron chi connectivity index (χ0n) is 8.87. The summed E-state index contributed by atoms with van der Waals surface area (Å²) in [6.45, 7) is 2.61. The van der Waals surface area contributed by atoms with Crippen molar-refractivity contribution in [1.82, 2.24) is 0 Å². The van der Waals surface area contributed by atoms with Crippen molar-refractivity contribution in [3.8, 4) is 17.2 Å². The number of hydrogen-bond acceptors (Lipinski definition) is 3. The number of hydrogen-bond donors (Lipinski definition) is 0. The van der Waals surface area contributed by atoms with Crippen molar-refractivity contribution in [1.29, 1.82) is 0 Å². The number of methoxy groups -OCH3 is 1. The van der Waals surface area contributed by atoms with Crippen LogP contribution in [-0.2, 0) is 0 Å². The lowest BCUT2D eigenvalue weighted by Crippen LogP contribution is -1.99. The van der Waals surface area contributed by atoms with E-state index in [1.807, 2.05) is 25.1 Å². The van der Waals surface area contributed by atoms with Gasteiger partial charge in [0, 0.05) is 6.07 Å². The van der Waals surface area contributed by atoms with Gasteiger partial charge in [-0.05, 0) is 19.1 Å². The first-order chi connectivity index (χ1) is 6.81. The molecule has 0 spiro atoms. The molecule has 0 saturated carbocycles. The van der Waals surface area contributed by atoms with E-state index in [-0.39, 0.29) is 0 Å². The van der Waals surface area contributed by atoms with E-state index in [4.69, 9.17) is 14.2 Å². The van der Waals surface area contributed by atoms with Crippen molar-refractivity contribution in [2.75, 3.05) is 19.9 Å². The van der Waals surface area contributed by atoms with E-state index >= 15 is 0 Å². The molecule has 0 fully saturated rings. The first kappa shape index (κ1) is 10.9.